The number of halogens is 4. The van der Waals surface area contributed by atoms with Crippen LogP contribution in [0.1, 0.15) is 18.9 Å². The lowest BCUT2D eigenvalue weighted by Gasteiger charge is -2.17. The summed E-state index contributed by atoms with van der Waals surface area (Å²) in [7, 11) is 1.32. The maximum atomic E-state index is 12.8. The number of rotatable bonds is 6. The first kappa shape index (κ1) is 21.0. The lowest BCUT2D eigenvalue weighted by atomic mass is 10.2. The number of esters is 1. The van der Waals surface area contributed by atoms with Crippen molar-refractivity contribution in [2.24, 2.45) is 11.8 Å². The maximum absolute atomic E-state index is 12.8. The monoisotopic (exact) mass is 406 g/mol. The molecule has 148 valence electrons. The molecule has 1 aliphatic rings. The van der Waals surface area contributed by atoms with Crippen LogP contribution in [0.4, 0.5) is 18.9 Å². The van der Waals surface area contributed by atoms with Crippen molar-refractivity contribution in [3.05, 3.63) is 28.8 Å². The third-order valence-corrected chi connectivity index (χ3v) is 4.44. The fourth-order valence-electron chi connectivity index (χ4n) is 2.32. The summed E-state index contributed by atoms with van der Waals surface area (Å²) in [6, 6.07) is 2.95. The number of hydrogen-bond donors (Lipinski definition) is 1. The Morgan fingerprint density at radius 3 is 2.52 bits per heavy atom. The Morgan fingerprint density at radius 1 is 1.33 bits per heavy atom. The van der Waals surface area contributed by atoms with Gasteiger partial charge >= 0.3 is 12.1 Å². The lowest BCUT2D eigenvalue weighted by molar-refractivity contribution is -0.153. The van der Waals surface area contributed by atoms with Gasteiger partial charge in [0, 0.05) is 12.7 Å². The van der Waals surface area contributed by atoms with Crippen molar-refractivity contribution in [2.75, 3.05) is 25.5 Å². The van der Waals surface area contributed by atoms with Crippen LogP contribution in [0.2, 0.25) is 5.02 Å². The van der Waals surface area contributed by atoms with Gasteiger partial charge in [-0.3, -0.25) is 14.4 Å². The molecule has 2 amide bonds. The first-order chi connectivity index (χ1) is 12.5. The Bertz CT molecular complexity index is 754. The second-order valence-corrected chi connectivity index (χ2v) is 6.82. The minimum absolute atomic E-state index is 0.105. The maximum Gasteiger partial charge on any atom is 0.417 e. The molecule has 2 atom stereocenters. The number of hydrogen-bond acceptors (Lipinski definition) is 4. The highest BCUT2D eigenvalue weighted by molar-refractivity contribution is 6.31. The molecule has 2 rings (SSSR count). The molecule has 0 aliphatic heterocycles. The van der Waals surface area contributed by atoms with Gasteiger partial charge in [0.15, 0.2) is 6.61 Å². The highest BCUT2D eigenvalue weighted by atomic mass is 35.5. The van der Waals surface area contributed by atoms with Crippen LogP contribution in [-0.2, 0) is 25.3 Å². The molecule has 1 saturated carbocycles. The number of nitrogens with zero attached hydrogens (tertiary/aromatic N) is 1. The van der Waals surface area contributed by atoms with Crippen molar-refractivity contribution in [3.63, 3.8) is 0 Å². The molecule has 0 radical (unpaired) electrons. The Hall–Kier alpha value is -2.29. The minimum atomic E-state index is -4.66. The molecule has 1 N–H and O–H groups in total. The molecule has 1 aromatic carbocycles. The number of benzene rings is 1. The van der Waals surface area contributed by atoms with Crippen LogP contribution in [-0.4, -0.2) is 42.9 Å². The summed E-state index contributed by atoms with van der Waals surface area (Å²) in [4.78, 5) is 36.4. The van der Waals surface area contributed by atoms with Crippen LogP contribution < -0.4 is 5.32 Å². The molecule has 27 heavy (non-hydrogen) atoms. The molecule has 6 nitrogen and oxygen atoms in total. The summed E-state index contributed by atoms with van der Waals surface area (Å²) in [6.45, 7) is 0.983. The topological polar surface area (TPSA) is 75.7 Å². The van der Waals surface area contributed by atoms with Crippen LogP contribution in [0.15, 0.2) is 18.2 Å². The third-order valence-electron chi connectivity index (χ3n) is 4.11. The van der Waals surface area contributed by atoms with Gasteiger partial charge in [0.25, 0.3) is 5.91 Å². The highest BCUT2D eigenvalue weighted by Gasteiger charge is 2.40. The molecule has 0 bridgehead atoms. The Kier molecular flexibility index (Phi) is 6.35. The summed E-state index contributed by atoms with van der Waals surface area (Å²) in [5.74, 6) is -1.69. The second kappa shape index (κ2) is 8.16. The van der Waals surface area contributed by atoms with E-state index in [9.17, 15) is 27.6 Å². The van der Waals surface area contributed by atoms with E-state index in [1.54, 1.807) is 0 Å². The summed E-state index contributed by atoms with van der Waals surface area (Å²) in [5.41, 5.74) is -1.18. The predicted octanol–water partition coefficient (Wildman–Crippen LogP) is 2.95. The fourth-order valence-corrected chi connectivity index (χ4v) is 2.55. The second-order valence-electron chi connectivity index (χ2n) is 6.42. The van der Waals surface area contributed by atoms with Gasteiger partial charge in [0.05, 0.1) is 23.0 Å². The first-order valence-corrected chi connectivity index (χ1v) is 8.44. The van der Waals surface area contributed by atoms with Gasteiger partial charge in [-0.2, -0.15) is 13.2 Å². The Morgan fingerprint density at radius 2 is 1.96 bits per heavy atom. The van der Waals surface area contributed by atoms with Gasteiger partial charge in [-0.25, -0.2) is 0 Å². The number of anilines is 1. The van der Waals surface area contributed by atoms with E-state index in [1.807, 2.05) is 6.92 Å². The van der Waals surface area contributed by atoms with Crippen molar-refractivity contribution in [3.8, 4) is 0 Å². The van der Waals surface area contributed by atoms with Crippen molar-refractivity contribution < 1.29 is 32.3 Å². The van der Waals surface area contributed by atoms with E-state index in [1.165, 1.54) is 13.1 Å². The Labute approximate surface area is 158 Å². The van der Waals surface area contributed by atoms with Crippen molar-refractivity contribution >= 4 is 35.1 Å². The molecule has 0 heterocycles. The van der Waals surface area contributed by atoms with E-state index in [-0.39, 0.29) is 17.5 Å². The van der Waals surface area contributed by atoms with Crippen molar-refractivity contribution in [1.29, 1.82) is 0 Å². The van der Waals surface area contributed by atoms with Crippen LogP contribution >= 0.6 is 11.6 Å². The molecule has 0 unspecified atom stereocenters. The van der Waals surface area contributed by atoms with Gasteiger partial charge < -0.3 is 15.0 Å². The largest absolute Gasteiger partial charge is 0.455 e. The fraction of sp³-hybridized carbons (Fsp3) is 0.471. The van der Waals surface area contributed by atoms with E-state index in [0.29, 0.717) is 6.07 Å². The number of carbonyl (C=O) groups excluding carboxylic acids is 3. The quantitative estimate of drug-likeness (QED) is 0.737. The average molecular weight is 407 g/mol. The first-order valence-electron chi connectivity index (χ1n) is 8.06. The normalized spacial score (nSPS) is 18.6. The van der Waals surface area contributed by atoms with Gasteiger partial charge in [-0.15, -0.1) is 0 Å². The molecule has 1 aromatic rings. The van der Waals surface area contributed by atoms with Crippen molar-refractivity contribution in [2.45, 2.75) is 19.5 Å². The molecule has 10 heteroatoms. The zero-order valence-corrected chi connectivity index (χ0v) is 15.4. The average Bonchev–Trinajstić information content (AvgIpc) is 3.29. The smallest absolute Gasteiger partial charge is 0.417 e. The standard InChI is InChI=1S/C17H18ClF3N2O4/c1-9-5-11(9)16(26)27-8-15(25)23(2)7-14(24)22-10-3-4-13(18)12(6-10)17(19,20)21/h3-4,6,9,11H,5,7-8H2,1-2H3,(H,22,24)/t9-,11-/m1/s1. The zero-order valence-electron chi connectivity index (χ0n) is 14.6. The predicted molar refractivity (Wildman–Crippen MR) is 91.0 cm³/mol. The van der Waals surface area contributed by atoms with E-state index >= 15 is 0 Å². The summed E-state index contributed by atoms with van der Waals surface area (Å²) in [5, 5.41) is 1.78. The molecule has 0 aromatic heterocycles. The molecule has 1 aliphatic carbocycles. The minimum Gasteiger partial charge on any atom is -0.455 e. The van der Waals surface area contributed by atoms with Gasteiger partial charge in [0.2, 0.25) is 5.91 Å². The molecule has 0 saturated heterocycles. The van der Waals surface area contributed by atoms with Gasteiger partial charge in [-0.05, 0) is 30.5 Å². The molecular weight excluding hydrogens is 389 g/mol. The lowest BCUT2D eigenvalue weighted by Crippen LogP contribution is -2.37. The molecule has 1 fully saturated rings. The molecule has 0 spiro atoms. The van der Waals surface area contributed by atoms with E-state index in [4.69, 9.17) is 16.3 Å². The zero-order chi connectivity index (χ0) is 20.4. The van der Waals surface area contributed by atoms with Crippen LogP contribution in [0, 0.1) is 11.8 Å². The number of amides is 2. The van der Waals surface area contributed by atoms with Gasteiger partial charge in [-0.1, -0.05) is 18.5 Å². The van der Waals surface area contributed by atoms with E-state index in [0.717, 1.165) is 17.4 Å². The van der Waals surface area contributed by atoms with Gasteiger partial charge in [0.1, 0.15) is 0 Å². The van der Waals surface area contributed by atoms with Crippen LogP contribution in [0.5, 0.6) is 0 Å². The van der Waals surface area contributed by atoms with Crippen molar-refractivity contribution in [1.82, 2.24) is 4.90 Å². The Balaban J connectivity index is 1.85. The number of likely N-dealkylation sites (N-methyl/N-ethyl adjacent to an activating group) is 1. The number of nitrogens with one attached hydrogen (secondary N) is 1. The van der Waals surface area contributed by atoms with E-state index in [2.05, 4.69) is 5.32 Å². The SMILES string of the molecule is C[C@@H]1C[C@H]1C(=O)OCC(=O)N(C)CC(=O)Nc1ccc(Cl)c(C(F)(F)F)c1. The summed E-state index contributed by atoms with van der Waals surface area (Å²) >= 11 is 5.51. The molecular formula is C17H18ClF3N2O4. The third kappa shape index (κ3) is 5.85. The summed E-state index contributed by atoms with van der Waals surface area (Å²) in [6.07, 6.45) is -3.93. The van der Waals surface area contributed by atoms with E-state index < -0.39 is 47.7 Å². The summed E-state index contributed by atoms with van der Waals surface area (Å²) < 4.78 is 43.4. The van der Waals surface area contributed by atoms with Crippen LogP contribution in [0.25, 0.3) is 0 Å². The van der Waals surface area contributed by atoms with Crippen LogP contribution in [0.3, 0.4) is 0 Å². The number of ether oxygens (including phenoxy) is 1. The number of alkyl halides is 3. The highest BCUT2D eigenvalue weighted by Crippen LogP contribution is 2.38. The number of carbonyl (C=O) groups is 3.